The van der Waals surface area contributed by atoms with Crippen LogP contribution in [0.15, 0.2) is 17.2 Å². The number of anilines is 1. The highest BCUT2D eigenvalue weighted by molar-refractivity contribution is 6.17. The van der Waals surface area contributed by atoms with Crippen molar-refractivity contribution in [2.45, 2.75) is 39.2 Å². The van der Waals surface area contributed by atoms with Crippen LogP contribution in [0.1, 0.15) is 39.2 Å². The van der Waals surface area contributed by atoms with Gasteiger partial charge in [-0.2, -0.15) is 0 Å². The maximum atomic E-state index is 11.9. The molecule has 1 N–H and O–H groups in total. The molecule has 1 aromatic heterocycles. The van der Waals surface area contributed by atoms with Crippen LogP contribution in [0.5, 0.6) is 0 Å². The molecule has 96 valence electrons. The second kappa shape index (κ2) is 7.33. The largest absolute Gasteiger partial charge is 0.365 e. The molecule has 0 saturated carbocycles. The Bertz CT molecular complexity index is 390. The minimum absolute atomic E-state index is 0.0557. The Morgan fingerprint density at radius 3 is 2.82 bits per heavy atom. The van der Waals surface area contributed by atoms with E-state index in [9.17, 15) is 4.79 Å². The number of hydrogen-bond acceptors (Lipinski definition) is 3. The molecule has 0 radical (unpaired) electrons. The van der Waals surface area contributed by atoms with Gasteiger partial charge in [0.05, 0.1) is 0 Å². The lowest BCUT2D eigenvalue weighted by molar-refractivity contribution is 0.575. The molecule has 4 nitrogen and oxygen atoms in total. The Morgan fingerprint density at radius 2 is 2.18 bits per heavy atom. The first kappa shape index (κ1) is 14.0. The van der Waals surface area contributed by atoms with Crippen molar-refractivity contribution in [2.75, 3.05) is 17.7 Å². The van der Waals surface area contributed by atoms with Crippen LogP contribution >= 0.6 is 11.6 Å². The van der Waals surface area contributed by atoms with E-state index in [1.165, 1.54) is 0 Å². The van der Waals surface area contributed by atoms with Gasteiger partial charge in [-0.05, 0) is 26.7 Å². The van der Waals surface area contributed by atoms with Crippen molar-refractivity contribution < 1.29 is 0 Å². The van der Waals surface area contributed by atoms with Crippen molar-refractivity contribution in [1.82, 2.24) is 9.55 Å². The zero-order chi connectivity index (χ0) is 12.7. The van der Waals surface area contributed by atoms with Crippen LogP contribution in [0, 0.1) is 0 Å². The van der Waals surface area contributed by atoms with Gasteiger partial charge in [0.15, 0.2) is 5.82 Å². The van der Waals surface area contributed by atoms with Gasteiger partial charge in [0.1, 0.15) is 0 Å². The molecule has 0 aliphatic heterocycles. The summed E-state index contributed by atoms with van der Waals surface area (Å²) in [6.45, 7) is 4.72. The number of halogens is 1. The van der Waals surface area contributed by atoms with Crippen LogP contribution in [0.25, 0.3) is 0 Å². The lowest BCUT2D eigenvalue weighted by atomic mass is 10.2. The first-order valence-corrected chi connectivity index (χ1v) is 6.57. The van der Waals surface area contributed by atoms with Gasteiger partial charge >= 0.3 is 0 Å². The molecule has 0 atom stereocenters. The van der Waals surface area contributed by atoms with E-state index >= 15 is 0 Å². The Morgan fingerprint density at radius 1 is 1.41 bits per heavy atom. The number of nitrogens with one attached hydrogen (secondary N) is 1. The van der Waals surface area contributed by atoms with Crippen LogP contribution < -0.4 is 10.9 Å². The Balaban J connectivity index is 2.54. The molecule has 17 heavy (non-hydrogen) atoms. The fourth-order valence-electron chi connectivity index (χ4n) is 1.56. The highest BCUT2D eigenvalue weighted by Gasteiger charge is 2.05. The van der Waals surface area contributed by atoms with Crippen LogP contribution in [-0.2, 0) is 0 Å². The lowest BCUT2D eigenvalue weighted by Gasteiger charge is -2.11. The molecule has 0 aliphatic carbocycles. The van der Waals surface area contributed by atoms with Gasteiger partial charge in [-0.25, -0.2) is 4.98 Å². The normalized spacial score (nSPS) is 10.8. The number of unbranched alkanes of at least 4 members (excludes halogenated alkanes) is 2. The summed E-state index contributed by atoms with van der Waals surface area (Å²) in [7, 11) is 0. The first-order valence-electron chi connectivity index (χ1n) is 6.03. The molecule has 0 aliphatic rings. The molecule has 1 aromatic rings. The Kier molecular flexibility index (Phi) is 6.05. The molecule has 1 rings (SSSR count). The van der Waals surface area contributed by atoms with E-state index in [0.717, 1.165) is 25.8 Å². The van der Waals surface area contributed by atoms with E-state index in [4.69, 9.17) is 11.6 Å². The average Bonchev–Trinajstić information content (AvgIpc) is 2.30. The zero-order valence-electron chi connectivity index (χ0n) is 10.4. The van der Waals surface area contributed by atoms with Gasteiger partial charge in [0, 0.05) is 30.9 Å². The summed E-state index contributed by atoms with van der Waals surface area (Å²) >= 11 is 5.59. The van der Waals surface area contributed by atoms with Crippen molar-refractivity contribution in [2.24, 2.45) is 0 Å². The van der Waals surface area contributed by atoms with Gasteiger partial charge in [-0.1, -0.05) is 6.42 Å². The number of hydrogen-bond donors (Lipinski definition) is 1. The summed E-state index contributed by atoms with van der Waals surface area (Å²) in [6, 6.07) is 0.155. The molecule has 0 fully saturated rings. The predicted octanol–water partition coefficient (Wildman–Crippen LogP) is 2.65. The van der Waals surface area contributed by atoms with Crippen LogP contribution in [0.2, 0.25) is 0 Å². The smallest absolute Gasteiger partial charge is 0.293 e. The molecule has 0 spiro atoms. The second-order valence-electron chi connectivity index (χ2n) is 4.26. The van der Waals surface area contributed by atoms with E-state index in [1.807, 2.05) is 13.8 Å². The zero-order valence-corrected chi connectivity index (χ0v) is 11.2. The van der Waals surface area contributed by atoms with Gasteiger partial charge in [0.2, 0.25) is 0 Å². The summed E-state index contributed by atoms with van der Waals surface area (Å²) in [5.74, 6) is 1.14. The fraction of sp³-hybridized carbons (Fsp3) is 0.667. The summed E-state index contributed by atoms with van der Waals surface area (Å²) in [4.78, 5) is 16.0. The predicted molar refractivity (Wildman–Crippen MR) is 71.9 cm³/mol. The maximum absolute atomic E-state index is 11.9. The van der Waals surface area contributed by atoms with E-state index < -0.39 is 0 Å². The average molecular weight is 258 g/mol. The number of aromatic nitrogens is 2. The van der Waals surface area contributed by atoms with Gasteiger partial charge in [-0.3, -0.25) is 4.79 Å². The standard InChI is InChI=1S/C12H20ClN3O/c1-10(2)16-9-8-15-11(12(16)17)14-7-5-3-4-6-13/h8-10H,3-7H2,1-2H3,(H,14,15). The van der Waals surface area contributed by atoms with Crippen LogP contribution in [-0.4, -0.2) is 22.0 Å². The van der Waals surface area contributed by atoms with Crippen LogP contribution in [0.4, 0.5) is 5.82 Å². The van der Waals surface area contributed by atoms with Crippen molar-refractivity contribution in [3.63, 3.8) is 0 Å². The molecule has 0 amide bonds. The fourth-order valence-corrected chi connectivity index (χ4v) is 1.74. The monoisotopic (exact) mass is 257 g/mol. The Labute approximate surface area is 107 Å². The molecule has 0 unspecified atom stereocenters. The summed E-state index contributed by atoms with van der Waals surface area (Å²) in [5, 5.41) is 3.08. The molecule has 5 heteroatoms. The molecular weight excluding hydrogens is 238 g/mol. The second-order valence-corrected chi connectivity index (χ2v) is 4.64. The van der Waals surface area contributed by atoms with E-state index in [1.54, 1.807) is 17.0 Å². The van der Waals surface area contributed by atoms with Crippen molar-refractivity contribution in [3.8, 4) is 0 Å². The van der Waals surface area contributed by atoms with Crippen molar-refractivity contribution in [1.29, 1.82) is 0 Å². The molecule has 0 bridgehead atoms. The minimum Gasteiger partial charge on any atom is -0.365 e. The quantitative estimate of drug-likeness (QED) is 0.603. The first-order chi connectivity index (χ1) is 8.16. The summed E-state index contributed by atoms with van der Waals surface area (Å²) in [6.07, 6.45) is 6.46. The number of rotatable bonds is 7. The third-order valence-electron chi connectivity index (χ3n) is 2.53. The SMILES string of the molecule is CC(C)n1ccnc(NCCCCCCl)c1=O. The summed E-state index contributed by atoms with van der Waals surface area (Å²) in [5.41, 5.74) is -0.0557. The summed E-state index contributed by atoms with van der Waals surface area (Å²) < 4.78 is 1.67. The van der Waals surface area contributed by atoms with Gasteiger partial charge < -0.3 is 9.88 Å². The maximum Gasteiger partial charge on any atom is 0.293 e. The van der Waals surface area contributed by atoms with Crippen molar-refractivity contribution >= 4 is 17.4 Å². The van der Waals surface area contributed by atoms with Gasteiger partial charge in [0.25, 0.3) is 5.56 Å². The number of nitrogens with zero attached hydrogens (tertiary/aromatic N) is 2. The van der Waals surface area contributed by atoms with Crippen molar-refractivity contribution in [3.05, 3.63) is 22.7 Å². The molecule has 0 saturated heterocycles. The van der Waals surface area contributed by atoms with E-state index in [0.29, 0.717) is 11.7 Å². The minimum atomic E-state index is -0.0557. The lowest BCUT2D eigenvalue weighted by Crippen LogP contribution is -2.25. The number of alkyl halides is 1. The molecular formula is C12H20ClN3O. The third kappa shape index (κ3) is 4.38. The molecule has 0 aromatic carbocycles. The van der Waals surface area contributed by atoms with Crippen LogP contribution in [0.3, 0.4) is 0 Å². The topological polar surface area (TPSA) is 46.9 Å². The Hall–Kier alpha value is -1.03. The highest BCUT2D eigenvalue weighted by Crippen LogP contribution is 2.02. The van der Waals surface area contributed by atoms with E-state index in [2.05, 4.69) is 10.3 Å². The third-order valence-corrected chi connectivity index (χ3v) is 2.79. The molecule has 1 heterocycles. The van der Waals surface area contributed by atoms with Gasteiger partial charge in [-0.15, -0.1) is 11.6 Å². The van der Waals surface area contributed by atoms with E-state index in [-0.39, 0.29) is 11.6 Å². The highest BCUT2D eigenvalue weighted by atomic mass is 35.5.